The Bertz CT molecular complexity index is 450. The largest absolute Gasteiger partial charge is 0.465 e. The van der Waals surface area contributed by atoms with E-state index >= 15 is 0 Å². The molecule has 0 N–H and O–H groups in total. The summed E-state index contributed by atoms with van der Waals surface area (Å²) in [4.78, 5) is 0. The zero-order valence-corrected chi connectivity index (χ0v) is 14.3. The van der Waals surface area contributed by atoms with Crippen molar-refractivity contribution in [2.75, 3.05) is 0 Å². The second kappa shape index (κ2) is 7.82. The highest BCUT2D eigenvalue weighted by Gasteiger charge is 2.25. The lowest BCUT2D eigenvalue weighted by molar-refractivity contribution is -0.142. The molecule has 122 valence electrons. The lowest BCUT2D eigenvalue weighted by Gasteiger charge is -2.31. The van der Waals surface area contributed by atoms with Gasteiger partial charge in [0.2, 0.25) is 6.29 Å². The molecule has 1 unspecified atom stereocenters. The first-order chi connectivity index (χ1) is 10.5. The maximum atomic E-state index is 6.29. The van der Waals surface area contributed by atoms with E-state index in [1.165, 1.54) is 32.1 Å². The van der Waals surface area contributed by atoms with Gasteiger partial charge in [-0.05, 0) is 36.0 Å². The van der Waals surface area contributed by atoms with Gasteiger partial charge in [0.15, 0.2) is 0 Å². The molecule has 0 aromatic heterocycles. The van der Waals surface area contributed by atoms with Gasteiger partial charge < -0.3 is 9.47 Å². The Morgan fingerprint density at radius 3 is 2.32 bits per heavy atom. The van der Waals surface area contributed by atoms with Gasteiger partial charge in [-0.1, -0.05) is 64.8 Å². The fraction of sp³-hybridized carbons (Fsp3) is 0.600. The van der Waals surface area contributed by atoms with E-state index in [9.17, 15) is 0 Å². The molecular formula is C20H30O2. The molecule has 1 aliphatic rings. The van der Waals surface area contributed by atoms with Gasteiger partial charge in [0, 0.05) is 6.42 Å². The average molecular weight is 302 g/mol. The molecule has 0 amide bonds. The van der Waals surface area contributed by atoms with Crippen molar-refractivity contribution in [1.29, 1.82) is 0 Å². The summed E-state index contributed by atoms with van der Waals surface area (Å²) in [6.07, 6.45) is 9.15. The Morgan fingerprint density at radius 1 is 1.14 bits per heavy atom. The summed E-state index contributed by atoms with van der Waals surface area (Å²) in [5, 5.41) is 0. The van der Waals surface area contributed by atoms with Gasteiger partial charge in [-0.15, -0.1) is 0 Å². The zero-order chi connectivity index (χ0) is 16.0. The normalized spacial score (nSPS) is 18.0. The number of ether oxygens (including phenoxy) is 2. The third-order valence-corrected chi connectivity index (χ3v) is 4.06. The first-order valence-electron chi connectivity index (χ1n) is 8.51. The number of benzene rings is 1. The van der Waals surface area contributed by atoms with Crippen molar-refractivity contribution in [2.24, 2.45) is 5.41 Å². The van der Waals surface area contributed by atoms with Crippen LogP contribution in [0.15, 0.2) is 30.8 Å². The fourth-order valence-corrected chi connectivity index (χ4v) is 2.87. The third-order valence-electron chi connectivity index (χ3n) is 4.06. The lowest BCUT2D eigenvalue weighted by atomic mass is 9.91. The van der Waals surface area contributed by atoms with Gasteiger partial charge in [-0.25, -0.2) is 0 Å². The molecule has 0 radical (unpaired) electrons. The molecule has 0 saturated heterocycles. The molecule has 22 heavy (non-hydrogen) atoms. The van der Waals surface area contributed by atoms with Gasteiger partial charge in [0.25, 0.3) is 0 Å². The van der Waals surface area contributed by atoms with Crippen LogP contribution in [0, 0.1) is 5.41 Å². The predicted molar refractivity (Wildman–Crippen MR) is 93.0 cm³/mol. The molecular weight excluding hydrogens is 272 g/mol. The Balaban J connectivity index is 2.00. The second-order valence-corrected chi connectivity index (χ2v) is 7.48. The lowest BCUT2D eigenvalue weighted by Crippen LogP contribution is -2.32. The number of hydrogen-bond donors (Lipinski definition) is 0. The molecule has 0 bridgehead atoms. The van der Waals surface area contributed by atoms with Crippen LogP contribution in [0.1, 0.15) is 64.9 Å². The summed E-state index contributed by atoms with van der Waals surface area (Å²) in [6.45, 7) is 10.5. The van der Waals surface area contributed by atoms with Gasteiger partial charge >= 0.3 is 0 Å². The van der Waals surface area contributed by atoms with Gasteiger partial charge in [-0.2, -0.15) is 0 Å². The highest BCUT2D eigenvalue weighted by Crippen LogP contribution is 2.29. The van der Waals surface area contributed by atoms with Gasteiger partial charge in [0.05, 0.1) is 6.10 Å². The van der Waals surface area contributed by atoms with E-state index in [0.717, 1.165) is 17.7 Å². The Kier molecular flexibility index (Phi) is 6.07. The van der Waals surface area contributed by atoms with Gasteiger partial charge in [0.1, 0.15) is 5.75 Å². The molecule has 0 aliphatic heterocycles. The van der Waals surface area contributed by atoms with Crippen molar-refractivity contribution in [3.63, 3.8) is 0 Å². The molecule has 1 saturated carbocycles. The van der Waals surface area contributed by atoms with Crippen molar-refractivity contribution in [2.45, 2.75) is 71.7 Å². The minimum Gasteiger partial charge on any atom is -0.465 e. The van der Waals surface area contributed by atoms with Crippen LogP contribution >= 0.6 is 0 Å². The van der Waals surface area contributed by atoms with Crippen LogP contribution in [0.25, 0.3) is 6.08 Å². The molecule has 1 aliphatic carbocycles. The average Bonchev–Trinajstić information content (AvgIpc) is 2.47. The molecule has 1 atom stereocenters. The first kappa shape index (κ1) is 17.1. The summed E-state index contributed by atoms with van der Waals surface area (Å²) in [6, 6.07) is 8.04. The van der Waals surface area contributed by atoms with Crippen LogP contribution in [0.2, 0.25) is 0 Å². The molecule has 2 rings (SSSR count). The van der Waals surface area contributed by atoms with E-state index in [2.05, 4.69) is 27.4 Å². The van der Waals surface area contributed by atoms with E-state index in [-0.39, 0.29) is 11.7 Å². The van der Waals surface area contributed by atoms with Crippen LogP contribution in [0.5, 0.6) is 5.75 Å². The Hall–Kier alpha value is -1.28. The minimum absolute atomic E-state index is 0.169. The van der Waals surface area contributed by atoms with Crippen LogP contribution < -0.4 is 4.74 Å². The number of hydrogen-bond acceptors (Lipinski definition) is 2. The summed E-state index contributed by atoms with van der Waals surface area (Å²) < 4.78 is 12.4. The smallest absolute Gasteiger partial charge is 0.200 e. The first-order valence-corrected chi connectivity index (χ1v) is 8.51. The Labute approximate surface area is 135 Å². The molecule has 2 heteroatoms. The topological polar surface area (TPSA) is 18.5 Å². The maximum absolute atomic E-state index is 6.29. The summed E-state index contributed by atoms with van der Waals surface area (Å²) in [7, 11) is 0. The highest BCUT2D eigenvalue weighted by atomic mass is 16.7. The molecule has 0 heterocycles. The van der Waals surface area contributed by atoms with Crippen LogP contribution in [0.4, 0.5) is 0 Å². The van der Waals surface area contributed by atoms with Crippen molar-refractivity contribution >= 4 is 6.08 Å². The molecule has 0 spiro atoms. The van der Waals surface area contributed by atoms with Crippen molar-refractivity contribution in [3.05, 3.63) is 36.4 Å². The Morgan fingerprint density at radius 2 is 1.77 bits per heavy atom. The summed E-state index contributed by atoms with van der Waals surface area (Å²) in [5.74, 6) is 0.871. The van der Waals surface area contributed by atoms with Crippen LogP contribution in [0.3, 0.4) is 0 Å². The molecule has 1 fully saturated rings. The molecule has 2 nitrogen and oxygen atoms in total. The van der Waals surface area contributed by atoms with Crippen molar-refractivity contribution in [1.82, 2.24) is 0 Å². The standard InChI is InChI=1S/C20H30O2/c1-5-16-11-13-18(14-12-16)22-19(15-20(2,3)4)21-17-9-7-6-8-10-17/h5,11-14,17,19H,1,6-10,15H2,2-4H3. The molecule has 1 aromatic rings. The SMILES string of the molecule is C=Cc1ccc(OC(CC(C)(C)C)OC2CCCCC2)cc1. The monoisotopic (exact) mass is 302 g/mol. The van der Waals surface area contributed by atoms with E-state index in [0.29, 0.717) is 6.10 Å². The van der Waals surface area contributed by atoms with Crippen LogP contribution in [-0.4, -0.2) is 12.4 Å². The van der Waals surface area contributed by atoms with Crippen molar-refractivity contribution < 1.29 is 9.47 Å². The predicted octanol–water partition coefficient (Wildman–Crippen LogP) is 5.82. The molecule has 1 aromatic carbocycles. The zero-order valence-electron chi connectivity index (χ0n) is 14.3. The summed E-state index contributed by atoms with van der Waals surface area (Å²) in [5.41, 5.74) is 1.29. The number of rotatable bonds is 6. The fourth-order valence-electron chi connectivity index (χ4n) is 2.87. The van der Waals surface area contributed by atoms with Crippen molar-refractivity contribution in [3.8, 4) is 5.75 Å². The third kappa shape index (κ3) is 5.84. The quantitative estimate of drug-likeness (QED) is 0.616. The highest BCUT2D eigenvalue weighted by molar-refractivity contribution is 5.48. The van der Waals surface area contributed by atoms with E-state index in [1.54, 1.807) is 0 Å². The second-order valence-electron chi connectivity index (χ2n) is 7.48. The maximum Gasteiger partial charge on any atom is 0.200 e. The van der Waals surface area contributed by atoms with E-state index < -0.39 is 0 Å². The van der Waals surface area contributed by atoms with E-state index in [1.807, 2.05) is 30.3 Å². The van der Waals surface area contributed by atoms with Gasteiger partial charge in [-0.3, -0.25) is 0 Å². The summed E-state index contributed by atoms with van der Waals surface area (Å²) >= 11 is 0. The minimum atomic E-state index is -0.169. The van der Waals surface area contributed by atoms with E-state index in [4.69, 9.17) is 9.47 Å². The van der Waals surface area contributed by atoms with Crippen LogP contribution in [-0.2, 0) is 4.74 Å².